The van der Waals surface area contributed by atoms with E-state index in [-0.39, 0.29) is 12.6 Å². The van der Waals surface area contributed by atoms with Crippen LogP contribution in [0, 0.1) is 0 Å². The second kappa shape index (κ2) is 4.98. The van der Waals surface area contributed by atoms with Gasteiger partial charge in [0.15, 0.2) is 0 Å². The molecule has 80 valence electrons. The maximum Gasteiger partial charge on any atom is 0.397 e. The van der Waals surface area contributed by atoms with E-state index in [1.165, 1.54) is 0 Å². The Labute approximate surface area is 84.2 Å². The minimum absolute atomic E-state index is 0.167. The Bertz CT molecular complexity index is 227. The average Bonchev–Trinajstić information content (AvgIpc) is 2.18. The third kappa shape index (κ3) is 2.47. The lowest BCUT2D eigenvalue weighted by molar-refractivity contribution is -0.161. The fourth-order valence-electron chi connectivity index (χ4n) is 1.71. The number of carbonyl (C=O) groups excluding carboxylic acids is 2. The van der Waals surface area contributed by atoms with Crippen LogP contribution in [0.3, 0.4) is 0 Å². The number of hydrogen-bond acceptors (Lipinski definition) is 3. The second-order valence-electron chi connectivity index (χ2n) is 3.56. The smallest absolute Gasteiger partial charge is 0.397 e. The van der Waals surface area contributed by atoms with Gasteiger partial charge in [-0.1, -0.05) is 0 Å². The van der Waals surface area contributed by atoms with Crippen molar-refractivity contribution in [2.75, 3.05) is 13.2 Å². The van der Waals surface area contributed by atoms with Crippen LogP contribution in [-0.2, 0) is 14.3 Å². The predicted octanol–water partition coefficient (Wildman–Crippen LogP) is 0.950. The first-order valence-corrected chi connectivity index (χ1v) is 5.14. The molecule has 0 aromatic carbocycles. The van der Waals surface area contributed by atoms with Gasteiger partial charge in [0.2, 0.25) is 0 Å². The topological polar surface area (TPSA) is 46.6 Å². The number of nitrogens with zero attached hydrogens (tertiary/aromatic N) is 1. The van der Waals surface area contributed by atoms with Gasteiger partial charge >= 0.3 is 11.9 Å². The fourth-order valence-corrected chi connectivity index (χ4v) is 1.71. The summed E-state index contributed by atoms with van der Waals surface area (Å²) in [4.78, 5) is 24.3. The third-order valence-electron chi connectivity index (χ3n) is 2.51. The Balaban J connectivity index is 2.53. The molecule has 14 heavy (non-hydrogen) atoms. The van der Waals surface area contributed by atoms with Crippen molar-refractivity contribution in [3.05, 3.63) is 0 Å². The molecular weight excluding hydrogens is 182 g/mol. The largest absolute Gasteiger partial charge is 0.459 e. The van der Waals surface area contributed by atoms with Crippen molar-refractivity contribution >= 4 is 11.9 Å². The lowest BCUT2D eigenvalue weighted by Crippen LogP contribution is -2.45. The first-order chi connectivity index (χ1) is 6.66. The first-order valence-electron chi connectivity index (χ1n) is 5.14. The lowest BCUT2D eigenvalue weighted by atomic mass is 10.0. The van der Waals surface area contributed by atoms with Gasteiger partial charge < -0.3 is 9.64 Å². The van der Waals surface area contributed by atoms with E-state index in [0.29, 0.717) is 6.54 Å². The second-order valence-corrected chi connectivity index (χ2v) is 3.56. The van der Waals surface area contributed by atoms with Gasteiger partial charge in [-0.15, -0.1) is 0 Å². The monoisotopic (exact) mass is 199 g/mol. The molecule has 1 rings (SSSR count). The van der Waals surface area contributed by atoms with Crippen molar-refractivity contribution in [3.8, 4) is 0 Å². The van der Waals surface area contributed by atoms with E-state index < -0.39 is 11.9 Å². The molecule has 1 atom stereocenters. The molecule has 4 nitrogen and oxygen atoms in total. The highest BCUT2D eigenvalue weighted by Crippen LogP contribution is 2.16. The maximum atomic E-state index is 11.5. The van der Waals surface area contributed by atoms with Crippen molar-refractivity contribution in [3.63, 3.8) is 0 Å². The molecule has 0 aromatic rings. The highest BCUT2D eigenvalue weighted by atomic mass is 16.5. The molecule has 0 N–H and O–H groups in total. The van der Waals surface area contributed by atoms with Crippen molar-refractivity contribution in [2.24, 2.45) is 0 Å². The van der Waals surface area contributed by atoms with Crippen LogP contribution in [0.2, 0.25) is 0 Å². The SMILES string of the molecule is CCOC(=O)C(=O)N1CCCCC1C. The number of hydrogen-bond donors (Lipinski definition) is 0. The van der Waals surface area contributed by atoms with E-state index in [9.17, 15) is 9.59 Å². The number of esters is 1. The number of amides is 1. The van der Waals surface area contributed by atoms with E-state index in [4.69, 9.17) is 0 Å². The van der Waals surface area contributed by atoms with E-state index in [0.717, 1.165) is 19.3 Å². The van der Waals surface area contributed by atoms with Gasteiger partial charge in [-0.2, -0.15) is 0 Å². The van der Waals surface area contributed by atoms with Crippen LogP contribution in [0.25, 0.3) is 0 Å². The Morgan fingerprint density at radius 1 is 1.43 bits per heavy atom. The zero-order valence-corrected chi connectivity index (χ0v) is 8.78. The number of piperidine rings is 1. The van der Waals surface area contributed by atoms with Crippen molar-refractivity contribution in [1.29, 1.82) is 0 Å². The summed E-state index contributed by atoms with van der Waals surface area (Å²) >= 11 is 0. The molecule has 1 saturated heterocycles. The fraction of sp³-hybridized carbons (Fsp3) is 0.800. The molecule has 0 saturated carbocycles. The van der Waals surface area contributed by atoms with E-state index in [1.54, 1.807) is 11.8 Å². The predicted molar refractivity (Wildman–Crippen MR) is 51.7 cm³/mol. The van der Waals surface area contributed by atoms with Crippen LogP contribution in [0.15, 0.2) is 0 Å². The minimum Gasteiger partial charge on any atom is -0.459 e. The Kier molecular flexibility index (Phi) is 3.92. The average molecular weight is 199 g/mol. The first kappa shape index (κ1) is 11.0. The van der Waals surface area contributed by atoms with E-state index >= 15 is 0 Å². The van der Waals surface area contributed by atoms with E-state index in [2.05, 4.69) is 4.74 Å². The van der Waals surface area contributed by atoms with Crippen LogP contribution in [-0.4, -0.2) is 36.0 Å². The van der Waals surface area contributed by atoms with Gasteiger partial charge in [-0.05, 0) is 33.1 Å². The molecular formula is C10H17NO3. The third-order valence-corrected chi connectivity index (χ3v) is 2.51. The van der Waals surface area contributed by atoms with Gasteiger partial charge in [-0.25, -0.2) is 4.79 Å². The lowest BCUT2D eigenvalue weighted by Gasteiger charge is -2.32. The highest BCUT2D eigenvalue weighted by Gasteiger charge is 2.28. The Hall–Kier alpha value is -1.06. The minimum atomic E-state index is -0.721. The van der Waals surface area contributed by atoms with Gasteiger partial charge in [0.1, 0.15) is 0 Å². The summed E-state index contributed by atoms with van der Waals surface area (Å²) < 4.78 is 4.68. The molecule has 1 amide bonds. The molecule has 0 aliphatic carbocycles. The number of rotatable bonds is 1. The summed E-state index contributed by atoms with van der Waals surface area (Å²) in [5.74, 6) is -1.21. The van der Waals surface area contributed by atoms with Gasteiger partial charge in [-0.3, -0.25) is 4.79 Å². The Morgan fingerprint density at radius 2 is 2.14 bits per heavy atom. The van der Waals surface area contributed by atoms with Crippen molar-refractivity contribution < 1.29 is 14.3 Å². The summed E-state index contributed by atoms with van der Waals surface area (Å²) in [6.07, 6.45) is 3.09. The number of carbonyl (C=O) groups is 2. The Morgan fingerprint density at radius 3 is 2.71 bits per heavy atom. The summed E-state index contributed by atoms with van der Waals surface area (Å²) in [6, 6.07) is 0.167. The zero-order valence-electron chi connectivity index (χ0n) is 8.78. The normalized spacial score (nSPS) is 21.9. The molecule has 1 heterocycles. The standard InChI is InChI=1S/C10H17NO3/c1-3-14-10(13)9(12)11-7-5-4-6-8(11)2/h8H,3-7H2,1-2H3. The molecule has 4 heteroatoms. The summed E-state index contributed by atoms with van der Waals surface area (Å²) in [7, 11) is 0. The van der Waals surface area contributed by atoms with Gasteiger partial charge in [0.25, 0.3) is 0 Å². The number of ether oxygens (including phenoxy) is 1. The molecule has 1 fully saturated rings. The van der Waals surface area contributed by atoms with Crippen LogP contribution < -0.4 is 0 Å². The number of likely N-dealkylation sites (tertiary alicyclic amines) is 1. The van der Waals surface area contributed by atoms with Crippen LogP contribution in [0.1, 0.15) is 33.1 Å². The van der Waals surface area contributed by atoms with Crippen LogP contribution in [0.4, 0.5) is 0 Å². The highest BCUT2D eigenvalue weighted by molar-refractivity contribution is 6.32. The van der Waals surface area contributed by atoms with E-state index in [1.807, 2.05) is 6.92 Å². The molecule has 1 aliphatic heterocycles. The van der Waals surface area contributed by atoms with Gasteiger partial charge in [0, 0.05) is 12.6 Å². The summed E-state index contributed by atoms with van der Waals surface area (Å²) in [5.41, 5.74) is 0. The van der Waals surface area contributed by atoms with Gasteiger partial charge in [0.05, 0.1) is 6.61 Å². The molecule has 0 radical (unpaired) electrons. The molecule has 1 aliphatic rings. The molecule has 1 unspecified atom stereocenters. The van der Waals surface area contributed by atoms with Crippen molar-refractivity contribution in [2.45, 2.75) is 39.2 Å². The quantitative estimate of drug-likeness (QED) is 0.466. The van der Waals surface area contributed by atoms with Crippen LogP contribution >= 0.6 is 0 Å². The molecule has 0 aromatic heterocycles. The summed E-state index contributed by atoms with van der Waals surface area (Å²) in [6.45, 7) is 4.60. The van der Waals surface area contributed by atoms with Crippen LogP contribution in [0.5, 0.6) is 0 Å². The molecule has 0 spiro atoms. The van der Waals surface area contributed by atoms with Crippen molar-refractivity contribution in [1.82, 2.24) is 4.90 Å². The zero-order chi connectivity index (χ0) is 10.6. The molecule has 0 bridgehead atoms. The maximum absolute atomic E-state index is 11.5. The summed E-state index contributed by atoms with van der Waals surface area (Å²) in [5, 5.41) is 0.